The molecule has 2 atom stereocenters. The lowest BCUT2D eigenvalue weighted by Crippen LogP contribution is -2.36. The Morgan fingerprint density at radius 1 is 1.03 bits per heavy atom. The number of hydrogen-bond acceptors (Lipinski definition) is 6. The number of fused-ring (bicyclic) bond motifs is 1. The molecule has 0 saturated carbocycles. The molecule has 0 unspecified atom stereocenters. The van der Waals surface area contributed by atoms with Crippen molar-refractivity contribution >= 4 is 40.7 Å². The topological polar surface area (TPSA) is 85.3 Å². The highest BCUT2D eigenvalue weighted by molar-refractivity contribution is 6.47. The molecule has 0 radical (unpaired) electrons. The van der Waals surface area contributed by atoms with Gasteiger partial charge in [0.15, 0.2) is 11.5 Å². The Labute approximate surface area is 200 Å². The van der Waals surface area contributed by atoms with Gasteiger partial charge in [-0.15, -0.1) is 0 Å². The van der Waals surface area contributed by atoms with Crippen LogP contribution >= 0.6 is 23.2 Å². The number of ketones is 1. The first kappa shape index (κ1) is 22.1. The van der Waals surface area contributed by atoms with Crippen molar-refractivity contribution in [2.75, 3.05) is 26.4 Å². The van der Waals surface area contributed by atoms with E-state index in [0.29, 0.717) is 52.5 Å². The number of amides is 1. The second-order valence-electron chi connectivity index (χ2n) is 8.11. The van der Waals surface area contributed by atoms with E-state index in [1.165, 1.54) is 4.90 Å². The maximum atomic E-state index is 13.2. The summed E-state index contributed by atoms with van der Waals surface area (Å²) in [6, 6.07) is 8.85. The SMILES string of the molecule is O=C1C(=O)N(C[C@@H]2CCCO2)[C@H](c2ccc(Cl)cc2Cl)C1=C(O)c1ccc2c(c1)OCCO2. The summed E-state index contributed by atoms with van der Waals surface area (Å²) in [5.41, 5.74) is 0.792. The zero-order chi connectivity index (χ0) is 23.1. The van der Waals surface area contributed by atoms with Gasteiger partial charge in [0.2, 0.25) is 0 Å². The minimum Gasteiger partial charge on any atom is -0.507 e. The first-order valence-corrected chi connectivity index (χ1v) is 11.4. The molecule has 33 heavy (non-hydrogen) atoms. The van der Waals surface area contributed by atoms with Gasteiger partial charge in [0.1, 0.15) is 19.0 Å². The molecule has 1 N–H and O–H groups in total. The third-order valence-electron chi connectivity index (χ3n) is 6.04. The average Bonchev–Trinajstić information content (AvgIpc) is 3.41. The summed E-state index contributed by atoms with van der Waals surface area (Å²) in [5.74, 6) is -0.790. The van der Waals surface area contributed by atoms with Crippen LogP contribution in [0.3, 0.4) is 0 Å². The largest absolute Gasteiger partial charge is 0.507 e. The van der Waals surface area contributed by atoms with Crippen LogP contribution in [0, 0.1) is 0 Å². The molecule has 2 aromatic rings. The highest BCUT2D eigenvalue weighted by atomic mass is 35.5. The fraction of sp³-hybridized carbons (Fsp3) is 0.333. The number of halogens is 2. The van der Waals surface area contributed by atoms with Crippen LogP contribution in [0.4, 0.5) is 0 Å². The van der Waals surface area contributed by atoms with E-state index in [2.05, 4.69) is 0 Å². The van der Waals surface area contributed by atoms with E-state index in [0.717, 1.165) is 12.8 Å². The fourth-order valence-corrected chi connectivity index (χ4v) is 4.98. The van der Waals surface area contributed by atoms with Crippen LogP contribution in [0.5, 0.6) is 11.5 Å². The molecule has 0 aromatic heterocycles. The number of likely N-dealkylation sites (tertiary alicyclic amines) is 1. The second kappa shape index (κ2) is 8.89. The van der Waals surface area contributed by atoms with Crippen molar-refractivity contribution in [2.45, 2.75) is 25.0 Å². The second-order valence-corrected chi connectivity index (χ2v) is 8.95. The lowest BCUT2D eigenvalue weighted by atomic mass is 9.95. The number of carbonyl (C=O) groups is 2. The number of carbonyl (C=O) groups excluding carboxylic acids is 2. The molecule has 3 aliphatic rings. The van der Waals surface area contributed by atoms with Crippen molar-refractivity contribution in [3.8, 4) is 11.5 Å². The molecule has 7 nitrogen and oxygen atoms in total. The van der Waals surface area contributed by atoms with Gasteiger partial charge in [-0.3, -0.25) is 9.59 Å². The predicted molar refractivity (Wildman–Crippen MR) is 122 cm³/mol. The van der Waals surface area contributed by atoms with E-state index < -0.39 is 17.7 Å². The van der Waals surface area contributed by atoms with Crippen LogP contribution in [-0.2, 0) is 14.3 Å². The van der Waals surface area contributed by atoms with Crippen molar-refractivity contribution < 1.29 is 28.9 Å². The van der Waals surface area contributed by atoms with Crippen molar-refractivity contribution in [2.24, 2.45) is 0 Å². The van der Waals surface area contributed by atoms with E-state index in [4.69, 9.17) is 37.4 Å². The summed E-state index contributed by atoms with van der Waals surface area (Å²) in [5, 5.41) is 12.0. The molecule has 2 fully saturated rings. The Morgan fingerprint density at radius 2 is 1.82 bits per heavy atom. The van der Waals surface area contributed by atoms with Crippen molar-refractivity contribution in [3.63, 3.8) is 0 Å². The zero-order valence-electron chi connectivity index (χ0n) is 17.6. The first-order chi connectivity index (χ1) is 15.9. The van der Waals surface area contributed by atoms with Gasteiger partial charge >= 0.3 is 0 Å². The smallest absolute Gasteiger partial charge is 0.295 e. The monoisotopic (exact) mass is 489 g/mol. The standard InChI is InChI=1S/C24H21Cl2NO6/c25-14-4-5-16(17(26)11-14)21-20(23(29)24(30)27(21)12-15-2-1-7-31-15)22(28)13-3-6-18-19(10-13)33-9-8-32-18/h3-6,10-11,15,21,28H,1-2,7-9,12H2/t15-,21+/m0/s1. The van der Waals surface area contributed by atoms with Crippen LogP contribution in [0.15, 0.2) is 42.0 Å². The van der Waals surface area contributed by atoms with E-state index in [9.17, 15) is 14.7 Å². The normalized spacial score (nSPS) is 23.9. The third kappa shape index (κ3) is 4.05. The van der Waals surface area contributed by atoms with E-state index in [1.54, 1.807) is 36.4 Å². The first-order valence-electron chi connectivity index (χ1n) is 10.7. The quantitative estimate of drug-likeness (QED) is 0.390. The van der Waals surface area contributed by atoms with Gasteiger partial charge in [0.05, 0.1) is 17.7 Å². The molecule has 2 saturated heterocycles. The van der Waals surface area contributed by atoms with Crippen molar-refractivity contribution in [1.29, 1.82) is 0 Å². The van der Waals surface area contributed by atoms with E-state index >= 15 is 0 Å². The molecule has 3 heterocycles. The van der Waals surface area contributed by atoms with Gasteiger partial charge in [0, 0.05) is 28.8 Å². The summed E-state index contributed by atoms with van der Waals surface area (Å²) in [6.45, 7) is 1.63. The third-order valence-corrected chi connectivity index (χ3v) is 6.60. The van der Waals surface area contributed by atoms with Crippen molar-refractivity contribution in [3.05, 3.63) is 63.1 Å². The average molecular weight is 490 g/mol. The lowest BCUT2D eigenvalue weighted by Gasteiger charge is -2.28. The Morgan fingerprint density at radius 3 is 2.55 bits per heavy atom. The predicted octanol–water partition coefficient (Wildman–Crippen LogP) is 4.37. The van der Waals surface area contributed by atoms with Gasteiger partial charge in [-0.25, -0.2) is 0 Å². The molecule has 5 rings (SSSR count). The molecule has 9 heteroatoms. The molecule has 1 amide bonds. The van der Waals surface area contributed by atoms with E-state index in [1.807, 2.05) is 0 Å². The number of Topliss-reactive ketones (excluding diaryl/α,β-unsaturated/α-hetero) is 1. The Kier molecular flexibility index (Phi) is 5.95. The van der Waals surface area contributed by atoms with Gasteiger partial charge in [0.25, 0.3) is 11.7 Å². The highest BCUT2D eigenvalue weighted by Gasteiger charge is 2.47. The number of benzene rings is 2. The fourth-order valence-electron chi connectivity index (χ4n) is 4.47. The van der Waals surface area contributed by atoms with Gasteiger partial charge in [-0.1, -0.05) is 29.3 Å². The van der Waals surface area contributed by atoms with E-state index in [-0.39, 0.29) is 24.0 Å². The molecule has 0 aliphatic carbocycles. The maximum Gasteiger partial charge on any atom is 0.295 e. The van der Waals surface area contributed by atoms with Gasteiger partial charge < -0.3 is 24.2 Å². The highest BCUT2D eigenvalue weighted by Crippen LogP contribution is 2.44. The van der Waals surface area contributed by atoms with Crippen LogP contribution in [-0.4, -0.2) is 54.2 Å². The molecule has 3 aliphatic heterocycles. The maximum absolute atomic E-state index is 13.2. The Bertz CT molecular complexity index is 1160. The lowest BCUT2D eigenvalue weighted by molar-refractivity contribution is -0.140. The Hall–Kier alpha value is -2.74. The number of aliphatic hydroxyl groups is 1. The molecule has 0 bridgehead atoms. The number of hydrogen-bond donors (Lipinski definition) is 1. The number of ether oxygens (including phenoxy) is 3. The van der Waals surface area contributed by atoms with Crippen molar-refractivity contribution in [1.82, 2.24) is 4.90 Å². The minimum atomic E-state index is -0.882. The number of nitrogens with zero attached hydrogens (tertiary/aromatic N) is 1. The minimum absolute atomic E-state index is 0.0427. The van der Waals surface area contributed by atoms with Crippen LogP contribution in [0.2, 0.25) is 10.0 Å². The summed E-state index contributed by atoms with van der Waals surface area (Å²) in [6.07, 6.45) is 1.48. The van der Waals surface area contributed by atoms with Crippen LogP contribution < -0.4 is 9.47 Å². The molecule has 0 spiro atoms. The van der Waals surface area contributed by atoms with Crippen LogP contribution in [0.25, 0.3) is 5.76 Å². The zero-order valence-corrected chi connectivity index (χ0v) is 19.1. The summed E-state index contributed by atoms with van der Waals surface area (Å²) in [4.78, 5) is 27.7. The molecular formula is C24H21Cl2NO6. The summed E-state index contributed by atoms with van der Waals surface area (Å²) in [7, 11) is 0. The number of aliphatic hydroxyl groups excluding tert-OH is 1. The number of rotatable bonds is 4. The van der Waals surface area contributed by atoms with Gasteiger partial charge in [-0.2, -0.15) is 0 Å². The van der Waals surface area contributed by atoms with Gasteiger partial charge in [-0.05, 0) is 48.7 Å². The molecular weight excluding hydrogens is 469 g/mol. The summed E-state index contributed by atoms with van der Waals surface area (Å²) >= 11 is 12.6. The molecule has 2 aromatic carbocycles. The van der Waals surface area contributed by atoms with Crippen LogP contribution in [0.1, 0.15) is 30.0 Å². The Balaban J connectivity index is 1.63. The molecule has 172 valence electrons. The summed E-state index contributed by atoms with van der Waals surface area (Å²) < 4.78 is 16.8.